The molecule has 0 bridgehead atoms. The van der Waals surface area contributed by atoms with Crippen LogP contribution in [0.15, 0.2) is 109 Å². The molecule has 0 aliphatic rings. The second-order valence-electron chi connectivity index (χ2n) is 19.8. The maximum atomic E-state index is 12.9. The average Bonchev–Trinajstić information content (AvgIpc) is 3.39. The molecular formula is C67H112O6. The van der Waals surface area contributed by atoms with E-state index in [1.54, 1.807) is 0 Å². The van der Waals surface area contributed by atoms with Gasteiger partial charge >= 0.3 is 17.9 Å². The van der Waals surface area contributed by atoms with Crippen LogP contribution >= 0.6 is 0 Å². The van der Waals surface area contributed by atoms with Gasteiger partial charge in [0, 0.05) is 19.3 Å². The van der Waals surface area contributed by atoms with Gasteiger partial charge in [0.15, 0.2) is 6.10 Å². The second-order valence-corrected chi connectivity index (χ2v) is 19.8. The van der Waals surface area contributed by atoms with E-state index in [1.807, 2.05) is 0 Å². The molecule has 0 saturated carbocycles. The van der Waals surface area contributed by atoms with Crippen LogP contribution < -0.4 is 0 Å². The molecule has 0 fully saturated rings. The summed E-state index contributed by atoms with van der Waals surface area (Å²) in [7, 11) is 0. The largest absolute Gasteiger partial charge is 0.462 e. The lowest BCUT2D eigenvalue weighted by molar-refractivity contribution is -0.167. The van der Waals surface area contributed by atoms with E-state index in [1.165, 1.54) is 122 Å². The SMILES string of the molecule is CC/C=C\C/C=C\C/C=C\C/C=C\CCCCCCCCCCC(=O)OCC(COC(=O)CCCC/C=C\C/C=C\C/C=C\C/C=C\CC)OC(=O)CCCCCCCCCCC/C=C\CCCCCCCC. The van der Waals surface area contributed by atoms with Crippen LogP contribution in [-0.4, -0.2) is 37.2 Å². The zero-order valence-corrected chi connectivity index (χ0v) is 47.6. The lowest BCUT2D eigenvalue weighted by Gasteiger charge is -2.18. The van der Waals surface area contributed by atoms with Gasteiger partial charge in [-0.2, -0.15) is 0 Å². The number of unbranched alkanes of at least 4 members (excludes halogenated alkanes) is 25. The van der Waals surface area contributed by atoms with Gasteiger partial charge in [0.05, 0.1) is 0 Å². The first kappa shape index (κ1) is 69.1. The van der Waals surface area contributed by atoms with E-state index in [9.17, 15) is 14.4 Å². The molecule has 0 radical (unpaired) electrons. The minimum Gasteiger partial charge on any atom is -0.462 e. The molecule has 0 aromatic heterocycles. The zero-order chi connectivity index (χ0) is 52.9. The minimum atomic E-state index is -0.802. The molecule has 1 atom stereocenters. The standard InChI is InChI=1S/C67H112O6/c1-4-7-10-13-16-19-22-25-28-30-32-33-35-36-39-42-45-48-51-54-57-60-66(69)72-63-64(62-71-65(68)59-56-53-50-47-44-41-38-27-24-21-18-15-12-9-6-3)73-67(70)61-58-55-52-49-46-43-40-37-34-31-29-26-23-20-17-14-11-8-5-2/h7,9-10,12,16,18-19,21,25-29,32-33,38,44,47,64H,4-6,8,11,13-15,17,20,22-24,30-31,34-37,39-43,45-46,48-63H2,1-3H3/b10-7-,12-9-,19-16-,21-18-,28-25-,29-26-,33-32-,38-27-,47-44-. The molecule has 0 aromatic rings. The summed E-state index contributed by atoms with van der Waals surface area (Å²) in [5.74, 6) is -0.945. The third kappa shape index (κ3) is 58.8. The highest BCUT2D eigenvalue weighted by Gasteiger charge is 2.19. The number of carbonyl (C=O) groups is 3. The van der Waals surface area contributed by atoms with E-state index in [4.69, 9.17) is 14.2 Å². The number of hydrogen-bond acceptors (Lipinski definition) is 6. The van der Waals surface area contributed by atoms with E-state index in [2.05, 4.69) is 130 Å². The Balaban J connectivity index is 4.44. The highest BCUT2D eigenvalue weighted by atomic mass is 16.6. The summed E-state index contributed by atoms with van der Waals surface area (Å²) < 4.78 is 16.9. The summed E-state index contributed by atoms with van der Waals surface area (Å²) in [6, 6.07) is 0. The van der Waals surface area contributed by atoms with Gasteiger partial charge in [0.1, 0.15) is 13.2 Å². The molecule has 1 unspecified atom stereocenters. The van der Waals surface area contributed by atoms with Gasteiger partial charge in [-0.3, -0.25) is 14.4 Å². The van der Waals surface area contributed by atoms with Crippen LogP contribution in [0.1, 0.15) is 278 Å². The Morgan fingerprint density at radius 3 is 0.877 bits per heavy atom. The van der Waals surface area contributed by atoms with Gasteiger partial charge in [-0.05, 0) is 122 Å². The maximum Gasteiger partial charge on any atom is 0.306 e. The molecule has 0 aliphatic carbocycles. The zero-order valence-electron chi connectivity index (χ0n) is 47.6. The summed E-state index contributed by atoms with van der Waals surface area (Å²) in [5.41, 5.74) is 0. The van der Waals surface area contributed by atoms with Crippen molar-refractivity contribution in [2.24, 2.45) is 0 Å². The van der Waals surface area contributed by atoms with Crippen molar-refractivity contribution >= 4 is 17.9 Å². The predicted octanol–water partition coefficient (Wildman–Crippen LogP) is 20.7. The fourth-order valence-electron chi connectivity index (χ4n) is 8.24. The van der Waals surface area contributed by atoms with Crippen LogP contribution in [0, 0.1) is 0 Å². The number of esters is 3. The fraction of sp³-hybridized carbons (Fsp3) is 0.687. The van der Waals surface area contributed by atoms with Crippen molar-refractivity contribution in [1.29, 1.82) is 0 Å². The first-order valence-electron chi connectivity index (χ1n) is 30.4. The van der Waals surface area contributed by atoms with Gasteiger partial charge in [0.2, 0.25) is 0 Å². The van der Waals surface area contributed by atoms with Gasteiger partial charge in [-0.15, -0.1) is 0 Å². The summed E-state index contributed by atoms with van der Waals surface area (Å²) in [6.45, 7) is 6.38. The summed E-state index contributed by atoms with van der Waals surface area (Å²) in [5, 5.41) is 0. The van der Waals surface area contributed by atoms with Crippen LogP contribution in [0.4, 0.5) is 0 Å². The van der Waals surface area contributed by atoms with Crippen LogP contribution in [0.5, 0.6) is 0 Å². The fourth-order valence-corrected chi connectivity index (χ4v) is 8.24. The van der Waals surface area contributed by atoms with Gasteiger partial charge in [0.25, 0.3) is 0 Å². The van der Waals surface area contributed by atoms with Crippen molar-refractivity contribution in [3.63, 3.8) is 0 Å². The van der Waals surface area contributed by atoms with E-state index >= 15 is 0 Å². The number of carbonyl (C=O) groups excluding carboxylic acids is 3. The highest BCUT2D eigenvalue weighted by Crippen LogP contribution is 2.15. The van der Waals surface area contributed by atoms with Crippen LogP contribution in [0.25, 0.3) is 0 Å². The first-order valence-corrected chi connectivity index (χ1v) is 30.4. The van der Waals surface area contributed by atoms with E-state index in [0.717, 1.165) is 116 Å². The molecule has 0 amide bonds. The third-order valence-electron chi connectivity index (χ3n) is 12.7. The monoisotopic (exact) mass is 1010 g/mol. The van der Waals surface area contributed by atoms with Gasteiger partial charge < -0.3 is 14.2 Å². The van der Waals surface area contributed by atoms with Gasteiger partial charge in [-0.1, -0.05) is 246 Å². The number of allylic oxidation sites excluding steroid dienone is 18. The Labute approximate surface area is 450 Å². The smallest absolute Gasteiger partial charge is 0.306 e. The Morgan fingerprint density at radius 1 is 0.288 bits per heavy atom. The van der Waals surface area contributed by atoms with E-state index < -0.39 is 6.10 Å². The lowest BCUT2D eigenvalue weighted by Crippen LogP contribution is -2.30. The van der Waals surface area contributed by atoms with Crippen molar-refractivity contribution in [3.8, 4) is 0 Å². The molecule has 73 heavy (non-hydrogen) atoms. The molecule has 6 nitrogen and oxygen atoms in total. The summed E-state index contributed by atoms with van der Waals surface area (Å²) in [4.78, 5) is 38.3. The topological polar surface area (TPSA) is 78.9 Å². The quantitative estimate of drug-likeness (QED) is 0.0261. The summed E-state index contributed by atoms with van der Waals surface area (Å²) in [6.07, 6.45) is 82.3. The van der Waals surface area contributed by atoms with Crippen molar-refractivity contribution in [2.45, 2.75) is 284 Å². The van der Waals surface area contributed by atoms with Crippen molar-refractivity contribution in [3.05, 3.63) is 109 Å². The summed E-state index contributed by atoms with van der Waals surface area (Å²) >= 11 is 0. The second kappa shape index (κ2) is 60.6. The molecule has 0 N–H and O–H groups in total. The molecule has 6 heteroatoms. The van der Waals surface area contributed by atoms with Crippen LogP contribution in [0.2, 0.25) is 0 Å². The molecule has 0 aliphatic heterocycles. The third-order valence-corrected chi connectivity index (χ3v) is 12.7. The highest BCUT2D eigenvalue weighted by molar-refractivity contribution is 5.71. The first-order chi connectivity index (χ1) is 36.0. The predicted molar refractivity (Wildman–Crippen MR) is 316 cm³/mol. The lowest BCUT2D eigenvalue weighted by atomic mass is 10.1. The molecule has 0 aromatic carbocycles. The van der Waals surface area contributed by atoms with E-state index in [0.29, 0.717) is 19.3 Å². The Hall–Kier alpha value is -3.93. The van der Waals surface area contributed by atoms with Crippen LogP contribution in [-0.2, 0) is 28.6 Å². The molecule has 0 heterocycles. The number of ether oxygens (including phenoxy) is 3. The molecular weight excluding hydrogens is 901 g/mol. The molecule has 0 rings (SSSR count). The van der Waals surface area contributed by atoms with Crippen LogP contribution in [0.3, 0.4) is 0 Å². The Kier molecular flexibility index (Phi) is 57.4. The van der Waals surface area contributed by atoms with E-state index in [-0.39, 0.29) is 31.1 Å². The average molecular weight is 1010 g/mol. The Bertz CT molecular complexity index is 1490. The minimum absolute atomic E-state index is 0.0971. The molecule has 0 saturated heterocycles. The van der Waals surface area contributed by atoms with Crippen molar-refractivity contribution in [2.75, 3.05) is 13.2 Å². The normalized spacial score (nSPS) is 12.9. The molecule has 0 spiro atoms. The van der Waals surface area contributed by atoms with Gasteiger partial charge in [-0.25, -0.2) is 0 Å². The van der Waals surface area contributed by atoms with Crippen molar-refractivity contribution in [1.82, 2.24) is 0 Å². The number of rotatable bonds is 54. The number of hydrogen-bond donors (Lipinski definition) is 0. The van der Waals surface area contributed by atoms with Crippen molar-refractivity contribution < 1.29 is 28.6 Å². The molecule has 416 valence electrons. The maximum absolute atomic E-state index is 12.9. The Morgan fingerprint density at radius 2 is 0.534 bits per heavy atom.